The van der Waals surface area contributed by atoms with Gasteiger partial charge in [-0.1, -0.05) is 152 Å². The Kier molecular flexibility index (Phi) is 5.70. The molecule has 0 N–H and O–H groups in total. The Labute approximate surface area is 258 Å². The number of aromatic nitrogens is 1. The first-order chi connectivity index (χ1) is 21.8. The molecule has 9 rings (SSSR count). The van der Waals surface area contributed by atoms with Crippen molar-refractivity contribution in [3.63, 3.8) is 0 Å². The summed E-state index contributed by atoms with van der Waals surface area (Å²) in [6, 6.07) is 59.5. The average molecular weight is 560 g/mol. The topological polar surface area (TPSA) is 12.9 Å². The van der Waals surface area contributed by atoms with Crippen LogP contribution in [0.25, 0.3) is 44.6 Å². The first-order valence-corrected chi connectivity index (χ1v) is 15.4. The summed E-state index contributed by atoms with van der Waals surface area (Å²) in [5, 5.41) is 0. The second-order valence-corrected chi connectivity index (χ2v) is 11.8. The average Bonchev–Trinajstić information content (AvgIpc) is 3.62. The van der Waals surface area contributed by atoms with Crippen molar-refractivity contribution >= 4 is 0 Å². The maximum atomic E-state index is 5.48. The molecule has 6 aromatic carbocycles. The van der Waals surface area contributed by atoms with Gasteiger partial charge >= 0.3 is 0 Å². The molecule has 7 aromatic rings. The van der Waals surface area contributed by atoms with Crippen LogP contribution in [0.1, 0.15) is 45.3 Å². The lowest BCUT2D eigenvalue weighted by molar-refractivity contribution is 0.906. The number of benzene rings is 6. The Morgan fingerprint density at radius 1 is 0.364 bits per heavy atom. The molecule has 0 fully saturated rings. The summed E-state index contributed by atoms with van der Waals surface area (Å²) in [4.78, 5) is 5.48. The van der Waals surface area contributed by atoms with Crippen LogP contribution in [0.2, 0.25) is 0 Å². The number of pyridine rings is 1. The van der Waals surface area contributed by atoms with Gasteiger partial charge in [0.25, 0.3) is 0 Å². The van der Waals surface area contributed by atoms with E-state index < -0.39 is 0 Å². The SMILES string of the molecule is c1ccc(-c2cc(-c3ccccc3)nc(C3c4ccccc4-c4ccc5c(c43)C(c3ccccc3)c3ccccc3-5)c2)cc1. The molecule has 1 heteroatoms. The first-order valence-electron chi connectivity index (χ1n) is 15.4. The third kappa shape index (κ3) is 3.83. The van der Waals surface area contributed by atoms with E-state index in [0.29, 0.717) is 0 Å². The predicted octanol–water partition coefficient (Wildman–Crippen LogP) is 10.7. The molecule has 1 aromatic heterocycles. The van der Waals surface area contributed by atoms with Crippen LogP contribution < -0.4 is 0 Å². The summed E-state index contributed by atoms with van der Waals surface area (Å²) in [7, 11) is 0. The highest BCUT2D eigenvalue weighted by atomic mass is 14.7. The van der Waals surface area contributed by atoms with E-state index >= 15 is 0 Å². The van der Waals surface area contributed by atoms with Crippen LogP contribution in [0.5, 0.6) is 0 Å². The summed E-state index contributed by atoms with van der Waals surface area (Å²) in [5.74, 6) is 0.183. The molecule has 2 aliphatic rings. The van der Waals surface area contributed by atoms with Crippen molar-refractivity contribution in [3.8, 4) is 44.6 Å². The van der Waals surface area contributed by atoms with Crippen LogP contribution >= 0.6 is 0 Å². The molecule has 1 nitrogen and oxygen atoms in total. The van der Waals surface area contributed by atoms with Crippen LogP contribution in [0.4, 0.5) is 0 Å². The second-order valence-electron chi connectivity index (χ2n) is 11.8. The smallest absolute Gasteiger partial charge is 0.0711 e. The highest BCUT2D eigenvalue weighted by Gasteiger charge is 2.40. The van der Waals surface area contributed by atoms with Crippen molar-refractivity contribution < 1.29 is 0 Å². The second kappa shape index (κ2) is 10.0. The first kappa shape index (κ1) is 25.0. The fourth-order valence-corrected chi connectivity index (χ4v) is 7.58. The lowest BCUT2D eigenvalue weighted by Crippen LogP contribution is -2.09. The quantitative estimate of drug-likeness (QED) is 0.209. The Morgan fingerprint density at radius 3 is 1.50 bits per heavy atom. The summed E-state index contributed by atoms with van der Waals surface area (Å²) in [6.07, 6.45) is 0. The molecular weight excluding hydrogens is 530 g/mol. The van der Waals surface area contributed by atoms with Crippen molar-refractivity contribution in [2.75, 3.05) is 0 Å². The van der Waals surface area contributed by atoms with Gasteiger partial charge in [-0.05, 0) is 73.3 Å². The van der Waals surface area contributed by atoms with E-state index in [0.717, 1.165) is 17.0 Å². The van der Waals surface area contributed by atoms with Gasteiger partial charge in [-0.3, -0.25) is 4.98 Å². The molecule has 44 heavy (non-hydrogen) atoms. The van der Waals surface area contributed by atoms with Gasteiger partial charge in [0.1, 0.15) is 0 Å². The van der Waals surface area contributed by atoms with E-state index in [1.54, 1.807) is 0 Å². The Hall–Kier alpha value is -5.53. The molecule has 1 heterocycles. The zero-order valence-electron chi connectivity index (χ0n) is 24.2. The van der Waals surface area contributed by atoms with E-state index in [-0.39, 0.29) is 11.8 Å². The van der Waals surface area contributed by atoms with Crippen LogP contribution in [0.15, 0.2) is 164 Å². The Bertz CT molecular complexity index is 2110. The molecule has 0 amide bonds. The van der Waals surface area contributed by atoms with Gasteiger partial charge in [0, 0.05) is 11.5 Å². The fraction of sp³-hybridized carbons (Fsp3) is 0.0465. The van der Waals surface area contributed by atoms with Gasteiger partial charge in [0.2, 0.25) is 0 Å². The highest BCUT2D eigenvalue weighted by molar-refractivity contribution is 5.91. The Balaban J connectivity index is 1.35. The van der Waals surface area contributed by atoms with Crippen molar-refractivity contribution in [3.05, 3.63) is 197 Å². The number of hydrogen-bond acceptors (Lipinski definition) is 1. The number of nitrogens with zero attached hydrogens (tertiary/aromatic N) is 1. The molecule has 0 radical (unpaired) electrons. The lowest BCUT2D eigenvalue weighted by Gasteiger charge is -2.23. The van der Waals surface area contributed by atoms with Gasteiger partial charge in [0.05, 0.1) is 17.3 Å². The minimum atomic E-state index is 0.0165. The molecule has 2 unspecified atom stereocenters. The normalized spacial score (nSPS) is 15.7. The maximum absolute atomic E-state index is 5.48. The molecule has 2 atom stereocenters. The number of hydrogen-bond donors (Lipinski definition) is 0. The van der Waals surface area contributed by atoms with Gasteiger partial charge < -0.3 is 0 Å². The highest BCUT2D eigenvalue weighted by Crippen LogP contribution is 2.58. The van der Waals surface area contributed by atoms with E-state index in [1.165, 1.54) is 61.2 Å². The third-order valence-electron chi connectivity index (χ3n) is 9.44. The van der Waals surface area contributed by atoms with Gasteiger partial charge in [-0.15, -0.1) is 0 Å². The molecule has 0 saturated heterocycles. The minimum Gasteiger partial charge on any atom is -0.252 e. The monoisotopic (exact) mass is 559 g/mol. The summed E-state index contributed by atoms with van der Waals surface area (Å²) in [6.45, 7) is 0. The molecule has 0 spiro atoms. The lowest BCUT2D eigenvalue weighted by atomic mass is 9.81. The molecular formula is C43H29N. The minimum absolute atomic E-state index is 0.0165. The standard InChI is InChI=1S/C43H29N/c1-4-14-28(15-5-1)31-26-38(29-16-6-2-7-17-29)44-39(27-31)41-35-23-13-11-21-33(35)37-25-24-36-32-20-10-12-22-34(32)40(42(36)43(37)41)30-18-8-3-9-19-30/h1-27,40-41H. The third-order valence-corrected chi connectivity index (χ3v) is 9.44. The van der Waals surface area contributed by atoms with Crippen LogP contribution in [-0.2, 0) is 0 Å². The number of rotatable bonds is 4. The van der Waals surface area contributed by atoms with Gasteiger partial charge in [-0.25, -0.2) is 0 Å². The van der Waals surface area contributed by atoms with Gasteiger partial charge in [-0.2, -0.15) is 0 Å². The largest absolute Gasteiger partial charge is 0.252 e. The number of fused-ring (bicyclic) bond motifs is 7. The zero-order chi connectivity index (χ0) is 29.0. The molecule has 206 valence electrons. The van der Waals surface area contributed by atoms with Crippen LogP contribution in [0.3, 0.4) is 0 Å². The summed E-state index contributed by atoms with van der Waals surface area (Å²) in [5.41, 5.74) is 17.8. The molecule has 0 bridgehead atoms. The summed E-state index contributed by atoms with van der Waals surface area (Å²) >= 11 is 0. The predicted molar refractivity (Wildman–Crippen MR) is 181 cm³/mol. The molecule has 0 aliphatic heterocycles. The van der Waals surface area contributed by atoms with Crippen molar-refractivity contribution in [1.29, 1.82) is 0 Å². The van der Waals surface area contributed by atoms with E-state index in [2.05, 4.69) is 164 Å². The fourth-order valence-electron chi connectivity index (χ4n) is 7.58. The van der Waals surface area contributed by atoms with E-state index in [4.69, 9.17) is 4.98 Å². The van der Waals surface area contributed by atoms with E-state index in [9.17, 15) is 0 Å². The zero-order valence-corrected chi connectivity index (χ0v) is 24.2. The van der Waals surface area contributed by atoms with Crippen molar-refractivity contribution in [2.24, 2.45) is 0 Å². The maximum Gasteiger partial charge on any atom is 0.0711 e. The molecule has 2 aliphatic carbocycles. The van der Waals surface area contributed by atoms with E-state index in [1.807, 2.05) is 0 Å². The van der Waals surface area contributed by atoms with Crippen molar-refractivity contribution in [2.45, 2.75) is 11.8 Å². The van der Waals surface area contributed by atoms with Crippen LogP contribution in [-0.4, -0.2) is 4.98 Å². The summed E-state index contributed by atoms with van der Waals surface area (Å²) < 4.78 is 0. The van der Waals surface area contributed by atoms with Gasteiger partial charge in [0.15, 0.2) is 0 Å². The van der Waals surface area contributed by atoms with Crippen LogP contribution in [0, 0.1) is 0 Å². The Morgan fingerprint density at radius 2 is 0.864 bits per heavy atom. The van der Waals surface area contributed by atoms with Crippen molar-refractivity contribution in [1.82, 2.24) is 4.98 Å². The molecule has 0 saturated carbocycles.